The molecule has 102 valence electrons. The molecular weight excluding hydrogens is 266 g/mol. The molecule has 1 aliphatic heterocycles. The Labute approximate surface area is 112 Å². The largest absolute Gasteiger partial charge is 0.391 e. The number of likely N-dealkylation sites (tertiary alicyclic amines) is 1. The maximum Gasteiger partial charge on any atom is 0.247 e. The normalized spacial score (nSPS) is 20.1. The van der Waals surface area contributed by atoms with E-state index in [9.17, 15) is 18.3 Å². The van der Waals surface area contributed by atoms with Gasteiger partial charge < -0.3 is 10.0 Å². The minimum atomic E-state index is -3.59. The van der Waals surface area contributed by atoms with Crippen LogP contribution in [0.1, 0.15) is 6.42 Å². The highest BCUT2D eigenvalue weighted by Crippen LogP contribution is 2.13. The fraction of sp³-hybridized carbons (Fsp3) is 0.308. The first-order valence-electron chi connectivity index (χ1n) is 5.94. The van der Waals surface area contributed by atoms with Crippen molar-refractivity contribution in [2.24, 2.45) is 0 Å². The Bertz CT molecular complexity index is 580. The number of benzene rings is 1. The van der Waals surface area contributed by atoms with E-state index >= 15 is 0 Å². The average molecular weight is 281 g/mol. The van der Waals surface area contributed by atoms with Crippen molar-refractivity contribution in [3.63, 3.8) is 0 Å². The number of nitrogens with zero attached hydrogens (tertiary/aromatic N) is 1. The van der Waals surface area contributed by atoms with Crippen LogP contribution < -0.4 is 0 Å². The number of aliphatic hydroxyl groups is 1. The number of hydrogen-bond acceptors (Lipinski definition) is 4. The SMILES string of the molecule is O=C(C=CS(=O)(=O)c1ccccc1)N1CC[C@H](O)C1. The van der Waals surface area contributed by atoms with Gasteiger partial charge in [-0.3, -0.25) is 4.79 Å². The summed E-state index contributed by atoms with van der Waals surface area (Å²) in [5, 5.41) is 10.2. The predicted octanol–water partition coefficient (Wildman–Crippen LogP) is 0.567. The van der Waals surface area contributed by atoms with Crippen molar-refractivity contribution in [1.82, 2.24) is 4.90 Å². The Kier molecular flexibility index (Phi) is 4.01. The van der Waals surface area contributed by atoms with Crippen molar-refractivity contribution < 1.29 is 18.3 Å². The van der Waals surface area contributed by atoms with Gasteiger partial charge >= 0.3 is 0 Å². The van der Waals surface area contributed by atoms with Gasteiger partial charge in [-0.15, -0.1) is 0 Å². The number of hydrogen-bond donors (Lipinski definition) is 1. The molecule has 0 spiro atoms. The second-order valence-corrected chi connectivity index (χ2v) is 6.22. The van der Waals surface area contributed by atoms with Gasteiger partial charge in [0.15, 0.2) is 9.84 Å². The van der Waals surface area contributed by atoms with E-state index < -0.39 is 21.8 Å². The van der Waals surface area contributed by atoms with Crippen LogP contribution in [0.25, 0.3) is 0 Å². The molecule has 19 heavy (non-hydrogen) atoms. The molecule has 1 aromatic rings. The van der Waals surface area contributed by atoms with Gasteiger partial charge in [0, 0.05) is 24.6 Å². The topological polar surface area (TPSA) is 74.7 Å². The number of sulfone groups is 1. The Morgan fingerprint density at radius 1 is 1.32 bits per heavy atom. The monoisotopic (exact) mass is 281 g/mol. The molecule has 1 atom stereocenters. The van der Waals surface area contributed by atoms with E-state index in [1.165, 1.54) is 17.0 Å². The molecule has 5 nitrogen and oxygen atoms in total. The molecule has 1 aromatic carbocycles. The maximum absolute atomic E-state index is 11.9. The quantitative estimate of drug-likeness (QED) is 0.822. The van der Waals surface area contributed by atoms with Gasteiger partial charge in [-0.05, 0) is 18.6 Å². The molecule has 2 rings (SSSR count). The fourth-order valence-corrected chi connectivity index (χ4v) is 2.87. The second-order valence-electron chi connectivity index (χ2n) is 4.39. The molecule has 0 unspecified atom stereocenters. The van der Waals surface area contributed by atoms with Gasteiger partial charge in [0.1, 0.15) is 0 Å². The number of carbonyl (C=O) groups excluding carboxylic acids is 1. The Morgan fingerprint density at radius 2 is 2.00 bits per heavy atom. The smallest absolute Gasteiger partial charge is 0.247 e. The van der Waals surface area contributed by atoms with Gasteiger partial charge in [0.2, 0.25) is 5.91 Å². The highest BCUT2D eigenvalue weighted by Gasteiger charge is 2.23. The third-order valence-electron chi connectivity index (χ3n) is 2.94. The Balaban J connectivity index is 2.08. The summed E-state index contributed by atoms with van der Waals surface area (Å²) in [6.07, 6.45) is 1.06. The molecule has 0 bridgehead atoms. The number of β-amino-alcohol motifs (C(OH)–C–C–N with tert-alkyl or cyclic N) is 1. The molecule has 1 amide bonds. The minimum Gasteiger partial charge on any atom is -0.391 e. The zero-order valence-corrected chi connectivity index (χ0v) is 11.1. The highest BCUT2D eigenvalue weighted by atomic mass is 32.2. The second kappa shape index (κ2) is 5.54. The maximum atomic E-state index is 11.9. The number of carbonyl (C=O) groups is 1. The van der Waals surface area contributed by atoms with E-state index in [-0.39, 0.29) is 11.4 Å². The van der Waals surface area contributed by atoms with Crippen molar-refractivity contribution >= 4 is 15.7 Å². The Morgan fingerprint density at radius 3 is 2.58 bits per heavy atom. The van der Waals surface area contributed by atoms with Crippen LogP contribution in [-0.4, -0.2) is 43.5 Å². The van der Waals surface area contributed by atoms with Crippen molar-refractivity contribution in [1.29, 1.82) is 0 Å². The van der Waals surface area contributed by atoms with Crippen molar-refractivity contribution in [2.75, 3.05) is 13.1 Å². The van der Waals surface area contributed by atoms with Gasteiger partial charge in [-0.1, -0.05) is 18.2 Å². The van der Waals surface area contributed by atoms with E-state index in [2.05, 4.69) is 0 Å². The van der Waals surface area contributed by atoms with Crippen LogP contribution in [0.3, 0.4) is 0 Å². The zero-order chi connectivity index (χ0) is 13.9. The molecule has 1 fully saturated rings. The number of rotatable bonds is 3. The van der Waals surface area contributed by atoms with Crippen LogP contribution in [0, 0.1) is 0 Å². The lowest BCUT2D eigenvalue weighted by molar-refractivity contribution is -0.125. The number of amides is 1. The minimum absolute atomic E-state index is 0.153. The summed E-state index contributed by atoms with van der Waals surface area (Å²) in [5.74, 6) is -0.393. The molecule has 0 saturated carbocycles. The molecule has 0 aromatic heterocycles. The first kappa shape index (κ1) is 13.8. The predicted molar refractivity (Wildman–Crippen MR) is 70.0 cm³/mol. The highest BCUT2D eigenvalue weighted by molar-refractivity contribution is 7.94. The van der Waals surface area contributed by atoms with Crippen LogP contribution >= 0.6 is 0 Å². The van der Waals surface area contributed by atoms with Crippen LogP contribution in [0.4, 0.5) is 0 Å². The lowest BCUT2D eigenvalue weighted by Gasteiger charge is -2.12. The molecule has 0 aliphatic carbocycles. The fourth-order valence-electron chi connectivity index (χ4n) is 1.88. The third kappa shape index (κ3) is 3.42. The molecule has 1 aliphatic rings. The van der Waals surface area contributed by atoms with Crippen molar-refractivity contribution in [3.8, 4) is 0 Å². The summed E-state index contributed by atoms with van der Waals surface area (Å²) >= 11 is 0. The van der Waals surface area contributed by atoms with E-state index in [1.807, 2.05) is 0 Å². The van der Waals surface area contributed by atoms with Crippen LogP contribution in [0.15, 0.2) is 46.7 Å². The Hall–Kier alpha value is -1.66. The summed E-state index contributed by atoms with van der Waals surface area (Å²) in [7, 11) is -3.59. The van der Waals surface area contributed by atoms with E-state index in [4.69, 9.17) is 0 Å². The zero-order valence-electron chi connectivity index (χ0n) is 10.3. The van der Waals surface area contributed by atoms with Gasteiger partial charge in [0.05, 0.1) is 11.0 Å². The summed E-state index contributed by atoms with van der Waals surface area (Å²) in [6.45, 7) is 0.713. The van der Waals surface area contributed by atoms with E-state index in [0.29, 0.717) is 13.0 Å². The van der Waals surface area contributed by atoms with Crippen molar-refractivity contribution in [3.05, 3.63) is 41.8 Å². The summed E-state index contributed by atoms with van der Waals surface area (Å²) < 4.78 is 23.8. The molecular formula is C13H15NO4S. The molecule has 1 N–H and O–H groups in total. The number of aliphatic hydroxyl groups excluding tert-OH is 1. The summed E-state index contributed by atoms with van der Waals surface area (Å²) in [5.41, 5.74) is 0. The first-order valence-corrected chi connectivity index (χ1v) is 7.49. The van der Waals surface area contributed by atoms with E-state index in [0.717, 1.165) is 11.5 Å². The van der Waals surface area contributed by atoms with Gasteiger partial charge in [-0.25, -0.2) is 8.42 Å². The summed E-state index contributed by atoms with van der Waals surface area (Å²) in [6, 6.07) is 7.92. The lowest BCUT2D eigenvalue weighted by atomic mass is 10.3. The first-order chi connectivity index (χ1) is 8.99. The lowest BCUT2D eigenvalue weighted by Crippen LogP contribution is -2.27. The van der Waals surface area contributed by atoms with E-state index in [1.54, 1.807) is 18.2 Å². The molecule has 1 heterocycles. The molecule has 1 saturated heterocycles. The van der Waals surface area contributed by atoms with Crippen molar-refractivity contribution in [2.45, 2.75) is 17.4 Å². The van der Waals surface area contributed by atoms with Crippen LogP contribution in [0.5, 0.6) is 0 Å². The van der Waals surface area contributed by atoms with Crippen LogP contribution in [-0.2, 0) is 14.6 Å². The van der Waals surface area contributed by atoms with Crippen LogP contribution in [0.2, 0.25) is 0 Å². The summed E-state index contributed by atoms with van der Waals surface area (Å²) in [4.78, 5) is 13.3. The molecule has 6 heteroatoms. The standard InChI is InChI=1S/C13H15NO4S/c15-11-6-8-14(10-11)13(16)7-9-19(17,18)12-4-2-1-3-5-12/h1-5,7,9,11,15H,6,8,10H2/t11-/m0/s1. The third-order valence-corrected chi connectivity index (χ3v) is 4.36. The average Bonchev–Trinajstić information content (AvgIpc) is 2.84. The van der Waals surface area contributed by atoms with Gasteiger partial charge in [-0.2, -0.15) is 0 Å². The molecule has 0 radical (unpaired) electrons. The van der Waals surface area contributed by atoms with Gasteiger partial charge in [0.25, 0.3) is 0 Å².